The molecule has 2 N–H and O–H groups in total. The van der Waals surface area contributed by atoms with Crippen LogP contribution in [0, 0.1) is 5.92 Å². The van der Waals surface area contributed by atoms with E-state index < -0.39 is 0 Å². The summed E-state index contributed by atoms with van der Waals surface area (Å²) in [5.41, 5.74) is 4.02. The van der Waals surface area contributed by atoms with Crippen LogP contribution in [-0.2, 0) is 6.54 Å². The highest BCUT2D eigenvalue weighted by atomic mass is 79.9. The molecule has 0 spiro atoms. The third-order valence-corrected chi connectivity index (χ3v) is 9.59. The molecule has 3 heterocycles. The maximum Gasteiger partial charge on any atom is 0.257 e. The van der Waals surface area contributed by atoms with E-state index in [0.717, 1.165) is 34.9 Å². The summed E-state index contributed by atoms with van der Waals surface area (Å²) >= 11 is 5.05. The number of hydrogen-bond donors (Lipinski definition) is 2. The smallest absolute Gasteiger partial charge is 0.257 e. The highest BCUT2D eigenvalue weighted by Crippen LogP contribution is 2.40. The van der Waals surface area contributed by atoms with E-state index in [1.807, 2.05) is 53.3 Å². The van der Waals surface area contributed by atoms with E-state index in [4.69, 9.17) is 4.74 Å². The number of para-hydroxylation sites is 1. The lowest BCUT2D eigenvalue weighted by molar-refractivity contribution is 0.101. The van der Waals surface area contributed by atoms with Crippen molar-refractivity contribution in [3.8, 4) is 5.75 Å². The molecule has 3 aromatic carbocycles. The fraction of sp³-hybridized carbons (Fsp3) is 0.242. The first-order chi connectivity index (χ1) is 20.8. The molecule has 2 aliphatic heterocycles. The van der Waals surface area contributed by atoms with Crippen LogP contribution in [-0.4, -0.2) is 42.8 Å². The number of nitrogens with one attached hydrogen (secondary N) is 2. The highest BCUT2D eigenvalue weighted by molar-refractivity contribution is 9.10. The second-order valence-corrected chi connectivity index (χ2v) is 12.5. The number of halogens is 1. The van der Waals surface area contributed by atoms with Crippen molar-refractivity contribution >= 4 is 56.6 Å². The number of anilines is 3. The number of carbonyl (C=O) groups excluding carboxylic acids is 2. The molecule has 1 saturated heterocycles. The summed E-state index contributed by atoms with van der Waals surface area (Å²) < 4.78 is 7.88. The van der Waals surface area contributed by atoms with Crippen LogP contribution < -0.4 is 25.8 Å². The Bertz CT molecular complexity index is 1770. The van der Waals surface area contributed by atoms with Crippen molar-refractivity contribution in [2.24, 2.45) is 5.92 Å². The number of nitrogens with zero attached hydrogens (tertiary/aromatic N) is 2. The molecule has 10 heteroatoms. The minimum atomic E-state index is -0.327. The number of aromatic nitrogens is 1. The molecule has 1 aromatic heterocycles. The molecule has 2 amide bonds. The van der Waals surface area contributed by atoms with Gasteiger partial charge in [-0.1, -0.05) is 18.2 Å². The zero-order valence-corrected chi connectivity index (χ0v) is 26.2. The fourth-order valence-corrected chi connectivity index (χ4v) is 7.06. The van der Waals surface area contributed by atoms with Gasteiger partial charge in [0.1, 0.15) is 5.75 Å². The number of ether oxygens (including phenoxy) is 1. The predicted molar refractivity (Wildman–Crippen MR) is 175 cm³/mol. The van der Waals surface area contributed by atoms with Crippen LogP contribution in [0.5, 0.6) is 5.75 Å². The van der Waals surface area contributed by atoms with Crippen LogP contribution in [0.3, 0.4) is 0 Å². The summed E-state index contributed by atoms with van der Waals surface area (Å²) in [5, 5.41) is 6.11. The van der Waals surface area contributed by atoms with Gasteiger partial charge in [-0.05, 0) is 89.1 Å². The molecule has 8 nitrogen and oxygen atoms in total. The second-order valence-electron chi connectivity index (χ2n) is 10.8. The average Bonchev–Trinajstić information content (AvgIpc) is 3.02. The van der Waals surface area contributed by atoms with E-state index in [2.05, 4.69) is 31.5 Å². The highest BCUT2D eigenvalue weighted by Gasteiger charge is 2.35. The molecule has 2 unspecified atom stereocenters. The molecule has 2 aliphatic rings. The van der Waals surface area contributed by atoms with Crippen molar-refractivity contribution in [1.29, 1.82) is 0 Å². The number of benzene rings is 3. The normalized spacial score (nSPS) is 17.1. The van der Waals surface area contributed by atoms with Crippen molar-refractivity contribution in [2.45, 2.75) is 23.8 Å². The van der Waals surface area contributed by atoms with E-state index in [1.54, 1.807) is 55.3 Å². The number of hydrogen-bond acceptors (Lipinski definition) is 6. The molecule has 6 rings (SSSR count). The summed E-state index contributed by atoms with van der Waals surface area (Å²) in [6, 6.07) is 23.8. The van der Waals surface area contributed by atoms with Crippen LogP contribution in [0.15, 0.2) is 93.0 Å². The molecular weight excluding hydrogens is 628 g/mol. The monoisotopic (exact) mass is 658 g/mol. The van der Waals surface area contributed by atoms with Gasteiger partial charge in [-0.2, -0.15) is 0 Å². The van der Waals surface area contributed by atoms with Gasteiger partial charge in [0, 0.05) is 52.2 Å². The van der Waals surface area contributed by atoms with Crippen LogP contribution in [0.1, 0.15) is 38.7 Å². The Balaban J connectivity index is 1.35. The Morgan fingerprint density at radius 2 is 1.72 bits per heavy atom. The van der Waals surface area contributed by atoms with Crippen LogP contribution in [0.4, 0.5) is 17.1 Å². The SMILES string of the molecule is COc1ccc(Br)c(C(=O)Nc2cc(C(=O)Nc3ccccc3SC)ccc2N2CC3CC(C2)c2cccc(=O)n2C3)c1. The standard InChI is InChI=1S/C33H31BrN4O4S/c1-42-23-11-12-25(34)24(16-23)33(41)36-27-15-21(32(40)35-26-6-3-4-8-30(26)43-2)10-13-29(27)37-17-20-14-22(19-37)28-7-5-9-31(39)38(28)18-20/h3-13,15-16,20,22H,14,17-19H2,1-2H3,(H,35,40)(H,36,41). The van der Waals surface area contributed by atoms with Gasteiger partial charge in [0.25, 0.3) is 17.4 Å². The van der Waals surface area contributed by atoms with Gasteiger partial charge < -0.3 is 24.8 Å². The maximum atomic E-state index is 13.6. The Hall–Kier alpha value is -4.02. The molecule has 0 radical (unpaired) electrons. The lowest BCUT2D eigenvalue weighted by Gasteiger charge is -2.44. The van der Waals surface area contributed by atoms with Crippen molar-refractivity contribution in [2.75, 3.05) is 42.0 Å². The summed E-state index contributed by atoms with van der Waals surface area (Å²) in [4.78, 5) is 42.9. The van der Waals surface area contributed by atoms with Crippen molar-refractivity contribution in [1.82, 2.24) is 4.57 Å². The molecule has 1 fully saturated rings. The topological polar surface area (TPSA) is 92.7 Å². The number of piperidine rings is 1. The van der Waals surface area contributed by atoms with E-state index in [9.17, 15) is 14.4 Å². The average molecular weight is 660 g/mol. The van der Waals surface area contributed by atoms with E-state index in [1.165, 1.54) is 0 Å². The lowest BCUT2D eigenvalue weighted by atomic mass is 9.83. The van der Waals surface area contributed by atoms with Gasteiger partial charge in [-0.3, -0.25) is 14.4 Å². The number of methoxy groups -OCH3 is 1. The quantitative estimate of drug-likeness (QED) is 0.221. The molecular formula is C33H31BrN4O4S. The van der Waals surface area contributed by atoms with Gasteiger partial charge in [0.2, 0.25) is 0 Å². The third kappa shape index (κ3) is 5.94. The van der Waals surface area contributed by atoms with Crippen LogP contribution in [0.2, 0.25) is 0 Å². The van der Waals surface area contributed by atoms with E-state index >= 15 is 0 Å². The van der Waals surface area contributed by atoms with Gasteiger partial charge >= 0.3 is 0 Å². The first-order valence-corrected chi connectivity index (χ1v) is 16.0. The van der Waals surface area contributed by atoms with Gasteiger partial charge in [0.15, 0.2) is 0 Å². The number of rotatable bonds is 7. The Morgan fingerprint density at radius 1 is 0.907 bits per heavy atom. The molecule has 4 aromatic rings. The van der Waals surface area contributed by atoms with Gasteiger partial charge in [-0.15, -0.1) is 11.8 Å². The largest absolute Gasteiger partial charge is 0.497 e. The molecule has 2 atom stereocenters. The number of pyridine rings is 1. The number of amides is 2. The summed E-state index contributed by atoms with van der Waals surface area (Å²) in [5.74, 6) is 0.435. The summed E-state index contributed by atoms with van der Waals surface area (Å²) in [7, 11) is 1.56. The molecule has 220 valence electrons. The number of carbonyl (C=O) groups is 2. The van der Waals surface area contributed by atoms with Crippen LogP contribution in [0.25, 0.3) is 0 Å². The minimum absolute atomic E-state index is 0.0379. The third-order valence-electron chi connectivity index (χ3n) is 8.10. The van der Waals surface area contributed by atoms with Crippen molar-refractivity contribution < 1.29 is 14.3 Å². The minimum Gasteiger partial charge on any atom is -0.497 e. The van der Waals surface area contributed by atoms with Crippen molar-refractivity contribution in [3.05, 3.63) is 111 Å². The molecule has 43 heavy (non-hydrogen) atoms. The Morgan fingerprint density at radius 3 is 2.53 bits per heavy atom. The summed E-state index contributed by atoms with van der Waals surface area (Å²) in [6.07, 6.45) is 2.97. The first-order valence-electron chi connectivity index (χ1n) is 14.0. The van der Waals surface area contributed by atoms with Gasteiger partial charge in [-0.25, -0.2) is 0 Å². The fourth-order valence-electron chi connectivity index (χ4n) is 6.08. The Labute approximate surface area is 262 Å². The molecule has 2 bridgehead atoms. The number of fused-ring (bicyclic) bond motifs is 4. The Kier molecular flexibility index (Phi) is 8.32. The first kappa shape index (κ1) is 29.1. The summed E-state index contributed by atoms with van der Waals surface area (Å²) in [6.45, 7) is 2.09. The zero-order chi connectivity index (χ0) is 30.1. The molecule has 0 aliphatic carbocycles. The second kappa shape index (κ2) is 12.3. The zero-order valence-electron chi connectivity index (χ0n) is 23.8. The van der Waals surface area contributed by atoms with Crippen LogP contribution >= 0.6 is 27.7 Å². The lowest BCUT2D eigenvalue weighted by Crippen LogP contribution is -2.47. The van der Waals surface area contributed by atoms with Gasteiger partial charge in [0.05, 0.1) is 29.7 Å². The molecule has 0 saturated carbocycles. The maximum absolute atomic E-state index is 13.6. The number of thioether (sulfide) groups is 1. The van der Waals surface area contributed by atoms with Crippen molar-refractivity contribution in [3.63, 3.8) is 0 Å². The predicted octanol–water partition coefficient (Wildman–Crippen LogP) is 6.47. The van der Waals surface area contributed by atoms with E-state index in [0.29, 0.717) is 40.1 Å². The van der Waals surface area contributed by atoms with E-state index in [-0.39, 0.29) is 29.2 Å².